The molecule has 2 aromatic rings. The normalized spacial score (nSPS) is 17.2. The molecular weight excluding hydrogens is 304 g/mol. The van der Waals surface area contributed by atoms with Gasteiger partial charge in [-0.05, 0) is 39.0 Å². The van der Waals surface area contributed by atoms with Gasteiger partial charge in [0.1, 0.15) is 0 Å². The van der Waals surface area contributed by atoms with Gasteiger partial charge in [0.25, 0.3) is 0 Å². The average Bonchev–Trinajstić information content (AvgIpc) is 2.89. The molecule has 6 heteroatoms. The first-order chi connectivity index (χ1) is 11.4. The fourth-order valence-electron chi connectivity index (χ4n) is 2.85. The van der Waals surface area contributed by atoms with Crippen LogP contribution >= 0.6 is 0 Å². The number of hydrogen-bond acceptors (Lipinski definition) is 4. The zero-order chi connectivity index (χ0) is 17.3. The second-order valence-corrected chi connectivity index (χ2v) is 6.20. The van der Waals surface area contributed by atoms with Gasteiger partial charge in [0.2, 0.25) is 17.8 Å². The van der Waals surface area contributed by atoms with Gasteiger partial charge in [0.05, 0.1) is 5.92 Å². The van der Waals surface area contributed by atoms with Crippen LogP contribution in [0.3, 0.4) is 0 Å². The molecule has 3 rings (SSSR count). The number of carbonyl (C=O) groups excluding carboxylic acids is 2. The predicted octanol–water partition coefficient (Wildman–Crippen LogP) is 2.39. The van der Waals surface area contributed by atoms with E-state index in [4.69, 9.17) is 0 Å². The fraction of sp³-hybridized carbons (Fsp3) is 0.333. The number of anilines is 2. The molecule has 0 bridgehead atoms. The molecule has 1 N–H and O–H groups in total. The lowest BCUT2D eigenvalue weighted by Crippen LogP contribution is -2.28. The van der Waals surface area contributed by atoms with Crippen molar-refractivity contribution >= 4 is 23.5 Å². The van der Waals surface area contributed by atoms with Gasteiger partial charge in [-0.25, -0.2) is 9.97 Å². The summed E-state index contributed by atoms with van der Waals surface area (Å²) in [4.78, 5) is 34.8. The summed E-state index contributed by atoms with van der Waals surface area (Å²) in [6.45, 7) is 6.07. The van der Waals surface area contributed by atoms with Crippen LogP contribution in [0.25, 0.3) is 0 Å². The molecule has 0 radical (unpaired) electrons. The van der Waals surface area contributed by atoms with Crippen molar-refractivity contribution in [3.8, 4) is 0 Å². The van der Waals surface area contributed by atoms with Crippen LogP contribution in [-0.4, -0.2) is 28.3 Å². The van der Waals surface area contributed by atoms with E-state index >= 15 is 0 Å². The molecule has 0 aliphatic carbocycles. The van der Waals surface area contributed by atoms with E-state index in [1.807, 2.05) is 51.1 Å². The summed E-state index contributed by atoms with van der Waals surface area (Å²) in [6, 6.07) is 9.56. The molecular formula is C18H20N4O2. The van der Waals surface area contributed by atoms with Crippen LogP contribution in [0.4, 0.5) is 11.6 Å². The molecule has 124 valence electrons. The minimum Gasteiger partial charge on any atom is -0.312 e. The standard InChI is InChI=1S/C18H20N4O2/c1-11-4-6-15(7-5-11)22-10-14(9-16(22)23)17(24)21-18-19-12(2)8-13(3)20-18/h4-8,14H,9-10H2,1-3H3,(H,19,20,21,24). The summed E-state index contributed by atoms with van der Waals surface area (Å²) in [5.74, 6) is -0.370. The maximum Gasteiger partial charge on any atom is 0.232 e. The Morgan fingerprint density at radius 1 is 1.12 bits per heavy atom. The van der Waals surface area contributed by atoms with E-state index in [1.165, 1.54) is 0 Å². The summed E-state index contributed by atoms with van der Waals surface area (Å²) in [5, 5.41) is 2.73. The SMILES string of the molecule is Cc1ccc(N2CC(C(=O)Nc3nc(C)cc(C)n3)CC2=O)cc1. The quantitative estimate of drug-likeness (QED) is 0.940. The minimum atomic E-state index is -0.400. The first kappa shape index (κ1) is 16.1. The molecule has 0 saturated carbocycles. The number of amides is 2. The Morgan fingerprint density at radius 2 is 1.75 bits per heavy atom. The van der Waals surface area contributed by atoms with Crippen LogP contribution in [0.1, 0.15) is 23.4 Å². The van der Waals surface area contributed by atoms with Crippen molar-refractivity contribution in [3.63, 3.8) is 0 Å². The molecule has 0 spiro atoms. The maximum absolute atomic E-state index is 12.4. The smallest absolute Gasteiger partial charge is 0.232 e. The first-order valence-corrected chi connectivity index (χ1v) is 7.92. The maximum atomic E-state index is 12.4. The van der Waals surface area contributed by atoms with Gasteiger partial charge < -0.3 is 4.90 Å². The molecule has 1 aromatic carbocycles. The van der Waals surface area contributed by atoms with Crippen LogP contribution in [-0.2, 0) is 9.59 Å². The number of nitrogens with zero attached hydrogens (tertiary/aromatic N) is 3. The fourth-order valence-corrected chi connectivity index (χ4v) is 2.85. The van der Waals surface area contributed by atoms with Crippen LogP contribution in [0.5, 0.6) is 0 Å². The summed E-state index contributed by atoms with van der Waals surface area (Å²) < 4.78 is 0. The Morgan fingerprint density at radius 3 is 2.38 bits per heavy atom. The second-order valence-electron chi connectivity index (χ2n) is 6.20. The molecule has 1 aliphatic heterocycles. The Kier molecular flexibility index (Phi) is 4.29. The zero-order valence-corrected chi connectivity index (χ0v) is 14.0. The molecule has 1 saturated heterocycles. The van der Waals surface area contributed by atoms with Crippen LogP contribution in [0.15, 0.2) is 30.3 Å². The monoisotopic (exact) mass is 324 g/mol. The van der Waals surface area contributed by atoms with E-state index in [0.717, 1.165) is 22.6 Å². The molecule has 1 aliphatic rings. The highest BCUT2D eigenvalue weighted by Gasteiger charge is 2.35. The van der Waals surface area contributed by atoms with Crippen molar-refractivity contribution in [1.29, 1.82) is 0 Å². The molecule has 2 amide bonds. The lowest BCUT2D eigenvalue weighted by atomic mass is 10.1. The highest BCUT2D eigenvalue weighted by atomic mass is 16.2. The first-order valence-electron chi connectivity index (χ1n) is 7.92. The van der Waals surface area contributed by atoms with Crippen molar-refractivity contribution in [1.82, 2.24) is 9.97 Å². The van der Waals surface area contributed by atoms with Gasteiger partial charge in [0, 0.05) is 30.0 Å². The zero-order valence-electron chi connectivity index (χ0n) is 14.0. The molecule has 6 nitrogen and oxygen atoms in total. The number of rotatable bonds is 3. The number of aromatic nitrogens is 2. The number of benzene rings is 1. The number of nitrogens with one attached hydrogen (secondary N) is 1. The van der Waals surface area contributed by atoms with E-state index in [2.05, 4.69) is 15.3 Å². The summed E-state index contributed by atoms with van der Waals surface area (Å²) in [5.41, 5.74) is 3.54. The molecule has 1 aromatic heterocycles. The van der Waals surface area contributed by atoms with Crippen molar-refractivity contribution in [2.45, 2.75) is 27.2 Å². The van der Waals surface area contributed by atoms with Crippen molar-refractivity contribution < 1.29 is 9.59 Å². The molecule has 24 heavy (non-hydrogen) atoms. The minimum absolute atomic E-state index is 0.0413. The van der Waals surface area contributed by atoms with E-state index in [-0.39, 0.29) is 18.2 Å². The molecule has 1 unspecified atom stereocenters. The van der Waals surface area contributed by atoms with Crippen molar-refractivity contribution in [3.05, 3.63) is 47.3 Å². The summed E-state index contributed by atoms with van der Waals surface area (Å²) >= 11 is 0. The summed E-state index contributed by atoms with van der Waals surface area (Å²) in [6.07, 6.45) is 0.199. The van der Waals surface area contributed by atoms with Gasteiger partial charge in [-0.3, -0.25) is 14.9 Å². The highest BCUT2D eigenvalue weighted by molar-refractivity contribution is 6.03. The molecule has 1 atom stereocenters. The molecule has 1 fully saturated rings. The van der Waals surface area contributed by atoms with Crippen LogP contribution < -0.4 is 10.2 Å². The van der Waals surface area contributed by atoms with Gasteiger partial charge >= 0.3 is 0 Å². The average molecular weight is 324 g/mol. The number of hydrogen-bond donors (Lipinski definition) is 1. The molecule has 2 heterocycles. The van der Waals surface area contributed by atoms with E-state index in [1.54, 1.807) is 4.90 Å². The Bertz CT molecular complexity index is 766. The van der Waals surface area contributed by atoms with E-state index in [9.17, 15) is 9.59 Å². The van der Waals surface area contributed by atoms with Crippen LogP contribution in [0, 0.1) is 26.7 Å². The third kappa shape index (κ3) is 3.42. The van der Waals surface area contributed by atoms with Gasteiger partial charge in [-0.15, -0.1) is 0 Å². The van der Waals surface area contributed by atoms with Gasteiger partial charge in [-0.1, -0.05) is 17.7 Å². The van der Waals surface area contributed by atoms with Crippen molar-refractivity contribution in [2.24, 2.45) is 5.92 Å². The topological polar surface area (TPSA) is 75.2 Å². The lowest BCUT2D eigenvalue weighted by molar-refractivity contribution is -0.122. The number of aryl methyl sites for hydroxylation is 3. The Balaban J connectivity index is 1.70. The Hall–Kier alpha value is -2.76. The highest BCUT2D eigenvalue weighted by Crippen LogP contribution is 2.26. The largest absolute Gasteiger partial charge is 0.312 e. The van der Waals surface area contributed by atoms with Crippen molar-refractivity contribution in [2.75, 3.05) is 16.8 Å². The van der Waals surface area contributed by atoms with E-state index < -0.39 is 5.92 Å². The predicted molar refractivity (Wildman–Crippen MR) is 91.8 cm³/mol. The second kappa shape index (κ2) is 6.39. The lowest BCUT2D eigenvalue weighted by Gasteiger charge is -2.16. The van der Waals surface area contributed by atoms with Crippen LogP contribution in [0.2, 0.25) is 0 Å². The summed E-state index contributed by atoms with van der Waals surface area (Å²) in [7, 11) is 0. The Labute approximate surface area is 140 Å². The van der Waals surface area contributed by atoms with Gasteiger partial charge in [0.15, 0.2) is 0 Å². The third-order valence-corrected chi connectivity index (χ3v) is 4.06. The van der Waals surface area contributed by atoms with Gasteiger partial charge in [-0.2, -0.15) is 0 Å². The van der Waals surface area contributed by atoms with E-state index in [0.29, 0.717) is 12.5 Å². The number of carbonyl (C=O) groups is 2. The third-order valence-electron chi connectivity index (χ3n) is 4.06.